The van der Waals surface area contributed by atoms with Crippen molar-refractivity contribution >= 4 is 42.0 Å². The summed E-state index contributed by atoms with van der Waals surface area (Å²) in [6.07, 6.45) is -2.39. The molecule has 3 amide bonds. The number of ether oxygens (including phenoxy) is 5. The lowest BCUT2D eigenvalue weighted by molar-refractivity contribution is -0.187. The number of hydrogen-bond acceptors (Lipinski definition) is 12. The largest absolute Gasteiger partial charge is 0.459 e. The van der Waals surface area contributed by atoms with Gasteiger partial charge in [0.05, 0.1) is 6.04 Å². The summed E-state index contributed by atoms with van der Waals surface area (Å²) in [6.45, 7) is 11.5. The van der Waals surface area contributed by atoms with Crippen molar-refractivity contribution in [2.75, 3.05) is 6.54 Å². The molecule has 3 aromatic carbocycles. The van der Waals surface area contributed by atoms with Crippen LogP contribution in [0.2, 0.25) is 0 Å². The fourth-order valence-corrected chi connectivity index (χ4v) is 5.70. The maximum atomic E-state index is 14.4. The third kappa shape index (κ3) is 18.7. The van der Waals surface area contributed by atoms with E-state index in [0.29, 0.717) is 18.4 Å². The average Bonchev–Trinajstić information content (AvgIpc) is 3.20. The molecule has 61 heavy (non-hydrogen) atoms. The number of unbranched alkanes of at least 4 members (excludes halogenated alkanes) is 1. The third-order valence-electron chi connectivity index (χ3n) is 8.69. The van der Waals surface area contributed by atoms with Crippen molar-refractivity contribution < 1.29 is 52.5 Å². The molecule has 0 aliphatic heterocycles. The van der Waals surface area contributed by atoms with E-state index in [1.54, 1.807) is 114 Å². The Morgan fingerprint density at radius 3 is 1.39 bits per heavy atom. The molecule has 0 spiro atoms. The SMILES string of the molecule is CCCCC(CC(=O)[C@H](CCCN=C(NC(=O)OCc1ccccc1)NC(=O)OCc1ccccc1)NC(=O)OCc1ccccc1)(C(=O)OC(C)(C)C)C(=O)OC(C)(C)C. The second kappa shape index (κ2) is 24.1. The fraction of sp³-hybridized carbons (Fsp3) is 0.457. The van der Waals surface area contributed by atoms with Gasteiger partial charge in [0.2, 0.25) is 5.96 Å². The zero-order chi connectivity index (χ0) is 44.9. The Morgan fingerprint density at radius 1 is 0.590 bits per heavy atom. The Bertz CT molecular complexity index is 1820. The summed E-state index contributed by atoms with van der Waals surface area (Å²) < 4.78 is 27.6. The molecule has 3 aromatic rings. The predicted octanol–water partition coefficient (Wildman–Crippen LogP) is 8.09. The average molecular weight is 845 g/mol. The molecule has 3 N–H and O–H groups in total. The molecule has 15 heteroatoms. The molecule has 330 valence electrons. The number of carbonyl (C=O) groups excluding carboxylic acids is 6. The number of guanidine groups is 1. The van der Waals surface area contributed by atoms with Crippen LogP contribution in [-0.2, 0) is 57.9 Å². The van der Waals surface area contributed by atoms with E-state index < -0.39 is 65.1 Å². The van der Waals surface area contributed by atoms with E-state index in [-0.39, 0.29) is 51.6 Å². The number of alkyl carbamates (subject to hydrolysis) is 3. The molecule has 0 unspecified atom stereocenters. The second-order valence-corrected chi connectivity index (χ2v) is 16.3. The molecular formula is C46H60N4O11. The van der Waals surface area contributed by atoms with Crippen LogP contribution in [0.5, 0.6) is 0 Å². The lowest BCUT2D eigenvalue weighted by Gasteiger charge is -2.35. The monoisotopic (exact) mass is 844 g/mol. The van der Waals surface area contributed by atoms with Crippen LogP contribution in [0.3, 0.4) is 0 Å². The van der Waals surface area contributed by atoms with Gasteiger partial charge >= 0.3 is 30.2 Å². The summed E-state index contributed by atoms with van der Waals surface area (Å²) in [5, 5.41) is 7.46. The first-order valence-electron chi connectivity index (χ1n) is 20.4. The highest BCUT2D eigenvalue weighted by atomic mass is 16.6. The van der Waals surface area contributed by atoms with Crippen molar-refractivity contribution in [3.8, 4) is 0 Å². The highest BCUT2D eigenvalue weighted by Crippen LogP contribution is 2.37. The van der Waals surface area contributed by atoms with Gasteiger partial charge in [-0.25, -0.2) is 14.4 Å². The summed E-state index contributed by atoms with van der Waals surface area (Å²) in [4.78, 5) is 85.6. The molecule has 0 heterocycles. The molecule has 3 rings (SSSR count). The Morgan fingerprint density at radius 2 is 1.00 bits per heavy atom. The van der Waals surface area contributed by atoms with Crippen molar-refractivity contribution in [2.45, 2.75) is 124 Å². The van der Waals surface area contributed by atoms with E-state index in [4.69, 9.17) is 23.7 Å². The number of aliphatic imine (C=N–C) groups is 1. The summed E-state index contributed by atoms with van der Waals surface area (Å²) in [5.74, 6) is -2.76. The maximum absolute atomic E-state index is 14.4. The number of benzene rings is 3. The second-order valence-electron chi connectivity index (χ2n) is 16.3. The molecule has 0 bridgehead atoms. The highest BCUT2D eigenvalue weighted by molar-refractivity contribution is 6.05. The number of nitrogens with zero attached hydrogens (tertiary/aromatic N) is 1. The molecule has 0 aromatic heterocycles. The van der Waals surface area contributed by atoms with E-state index in [9.17, 15) is 28.8 Å². The summed E-state index contributed by atoms with van der Waals surface area (Å²) in [7, 11) is 0. The summed E-state index contributed by atoms with van der Waals surface area (Å²) in [6, 6.07) is 25.6. The van der Waals surface area contributed by atoms with Crippen LogP contribution in [0.25, 0.3) is 0 Å². The minimum absolute atomic E-state index is 0.0457. The number of rotatable bonds is 19. The predicted molar refractivity (Wildman–Crippen MR) is 228 cm³/mol. The van der Waals surface area contributed by atoms with E-state index in [1.165, 1.54) is 0 Å². The van der Waals surface area contributed by atoms with Gasteiger partial charge in [0.1, 0.15) is 31.0 Å². The normalized spacial score (nSPS) is 11.9. The van der Waals surface area contributed by atoms with Crippen LogP contribution < -0.4 is 16.0 Å². The van der Waals surface area contributed by atoms with Crippen LogP contribution in [-0.4, -0.2) is 65.7 Å². The van der Waals surface area contributed by atoms with Crippen LogP contribution >= 0.6 is 0 Å². The quantitative estimate of drug-likeness (QED) is 0.0263. The van der Waals surface area contributed by atoms with Gasteiger partial charge in [-0.3, -0.25) is 30.0 Å². The number of amides is 3. The van der Waals surface area contributed by atoms with Crippen molar-refractivity contribution in [3.63, 3.8) is 0 Å². The molecule has 15 nitrogen and oxygen atoms in total. The Balaban J connectivity index is 1.88. The highest BCUT2D eigenvalue weighted by Gasteiger charge is 2.52. The standard InChI is InChI=1S/C46H60N4O11/c1-8-9-27-46(38(52)60-44(2,3)4,39(53)61-45(5,6)7)29-37(51)36(48-41(54)57-30-33-20-13-10-14-21-33)26-19-28-47-40(49-42(55)58-31-34-22-15-11-16-23-34)50-43(56)59-32-35-24-17-12-18-25-35/h10-18,20-25,36H,8-9,19,26-32H2,1-7H3,(H,48,54)(H2,47,49,50,55,56)/t36-/m0/s1. The minimum Gasteiger partial charge on any atom is -0.459 e. The third-order valence-corrected chi connectivity index (χ3v) is 8.69. The van der Waals surface area contributed by atoms with Crippen molar-refractivity contribution in [2.24, 2.45) is 10.4 Å². The zero-order valence-electron chi connectivity index (χ0n) is 36.2. The molecule has 0 saturated carbocycles. The molecule has 0 aliphatic rings. The number of ketones is 1. The number of esters is 2. The fourth-order valence-electron chi connectivity index (χ4n) is 5.70. The summed E-state index contributed by atoms with van der Waals surface area (Å²) >= 11 is 0. The summed E-state index contributed by atoms with van der Waals surface area (Å²) in [5.41, 5.74) is -1.86. The maximum Gasteiger partial charge on any atom is 0.414 e. The number of nitrogens with one attached hydrogen (secondary N) is 3. The van der Waals surface area contributed by atoms with Crippen LogP contribution in [0, 0.1) is 5.41 Å². The first-order valence-corrected chi connectivity index (χ1v) is 20.4. The Hall–Kier alpha value is -6.25. The van der Waals surface area contributed by atoms with Gasteiger partial charge in [-0.15, -0.1) is 0 Å². The van der Waals surface area contributed by atoms with Gasteiger partial charge in [0.25, 0.3) is 0 Å². The molecule has 0 fully saturated rings. The van der Waals surface area contributed by atoms with Crippen molar-refractivity contribution in [3.05, 3.63) is 108 Å². The smallest absolute Gasteiger partial charge is 0.414 e. The van der Waals surface area contributed by atoms with Crippen molar-refractivity contribution in [1.29, 1.82) is 0 Å². The lowest BCUT2D eigenvalue weighted by atomic mass is 9.76. The van der Waals surface area contributed by atoms with E-state index in [1.807, 2.05) is 25.1 Å². The van der Waals surface area contributed by atoms with E-state index in [2.05, 4.69) is 20.9 Å². The molecular weight excluding hydrogens is 785 g/mol. The van der Waals surface area contributed by atoms with Gasteiger partial charge in [-0.2, -0.15) is 0 Å². The van der Waals surface area contributed by atoms with Crippen molar-refractivity contribution in [1.82, 2.24) is 16.0 Å². The van der Waals surface area contributed by atoms with Gasteiger partial charge < -0.3 is 29.0 Å². The number of carbonyl (C=O) groups is 6. The topological polar surface area (TPSA) is 197 Å². The first-order chi connectivity index (χ1) is 28.9. The van der Waals surface area contributed by atoms with Crippen LogP contribution in [0.1, 0.15) is 104 Å². The van der Waals surface area contributed by atoms with Crippen LogP contribution in [0.15, 0.2) is 96.0 Å². The molecule has 0 aliphatic carbocycles. The molecule has 0 radical (unpaired) electrons. The van der Waals surface area contributed by atoms with Gasteiger partial charge in [0, 0.05) is 13.0 Å². The van der Waals surface area contributed by atoms with Gasteiger partial charge in [-0.05, 0) is 77.5 Å². The Labute approximate surface area is 358 Å². The Kier molecular flexibility index (Phi) is 19.4. The lowest BCUT2D eigenvalue weighted by Crippen LogP contribution is -2.51. The minimum atomic E-state index is -2.03. The zero-order valence-corrected chi connectivity index (χ0v) is 36.2. The number of hydrogen-bond donors (Lipinski definition) is 3. The first kappa shape index (κ1) is 49.1. The molecule has 1 atom stereocenters. The molecule has 0 saturated heterocycles. The van der Waals surface area contributed by atoms with Gasteiger partial charge in [-0.1, -0.05) is 111 Å². The number of Topliss-reactive ketones (excluding diaryl/α,β-unsaturated/α-hetero) is 1. The van der Waals surface area contributed by atoms with Gasteiger partial charge in [0.15, 0.2) is 11.2 Å². The van der Waals surface area contributed by atoms with E-state index in [0.717, 1.165) is 11.1 Å². The van der Waals surface area contributed by atoms with E-state index >= 15 is 0 Å². The van der Waals surface area contributed by atoms with Crippen LogP contribution in [0.4, 0.5) is 14.4 Å².